The van der Waals surface area contributed by atoms with Crippen LogP contribution in [0.4, 0.5) is 22.7 Å². The van der Waals surface area contributed by atoms with Crippen LogP contribution in [0.3, 0.4) is 0 Å². The second-order valence-corrected chi connectivity index (χ2v) is 11.9. The molecule has 7 rings (SSSR count). The van der Waals surface area contributed by atoms with Gasteiger partial charge in [-0.2, -0.15) is 13.2 Å². The number of hydrogen-bond donors (Lipinski definition) is 1. The Hall–Kier alpha value is -3.73. The van der Waals surface area contributed by atoms with Crippen molar-refractivity contribution in [2.45, 2.75) is 44.2 Å². The summed E-state index contributed by atoms with van der Waals surface area (Å²) < 4.78 is 62.1. The van der Waals surface area contributed by atoms with E-state index in [4.69, 9.17) is 4.52 Å². The average molecular weight is 570 g/mol. The third kappa shape index (κ3) is 4.18. The van der Waals surface area contributed by atoms with Gasteiger partial charge in [0, 0.05) is 30.1 Å². The lowest BCUT2D eigenvalue weighted by Crippen LogP contribution is -2.42. The van der Waals surface area contributed by atoms with Crippen molar-refractivity contribution in [3.05, 3.63) is 70.7 Å². The Balaban J connectivity index is 1.15. The molecule has 2 aliphatic carbocycles. The van der Waals surface area contributed by atoms with E-state index in [0.717, 1.165) is 49.8 Å². The number of halogens is 4. The van der Waals surface area contributed by atoms with Gasteiger partial charge in [0.15, 0.2) is 10.9 Å². The predicted molar refractivity (Wildman–Crippen MR) is 142 cm³/mol. The SMILES string of the molecule is O=C(O)c1cc(F)c2nc(N3CCC4(C=C(c5c(-c6ccccc6C(F)(F)F)noc5C5CC5)C4)CC3)sc2c1. The van der Waals surface area contributed by atoms with Crippen molar-refractivity contribution >= 4 is 38.2 Å². The molecule has 11 heteroatoms. The summed E-state index contributed by atoms with van der Waals surface area (Å²) in [6, 6.07) is 7.93. The number of nitrogens with zero attached hydrogens (tertiary/aromatic N) is 3. The molecule has 206 valence electrons. The highest BCUT2D eigenvalue weighted by molar-refractivity contribution is 7.22. The van der Waals surface area contributed by atoms with Gasteiger partial charge in [-0.05, 0) is 61.3 Å². The molecule has 2 fully saturated rings. The predicted octanol–water partition coefficient (Wildman–Crippen LogP) is 7.76. The number of allylic oxidation sites excluding steroid dienone is 2. The molecule has 1 saturated carbocycles. The molecule has 0 unspecified atom stereocenters. The number of hydrogen-bond acceptors (Lipinski definition) is 6. The highest BCUT2D eigenvalue weighted by Gasteiger charge is 2.45. The quantitative estimate of drug-likeness (QED) is 0.248. The van der Waals surface area contributed by atoms with Crippen LogP contribution in [0.1, 0.15) is 65.3 Å². The molecule has 0 bridgehead atoms. The van der Waals surface area contributed by atoms with E-state index in [2.05, 4.69) is 21.1 Å². The Morgan fingerprint density at radius 1 is 1.15 bits per heavy atom. The third-order valence-electron chi connectivity index (χ3n) is 8.21. The lowest BCUT2D eigenvalue weighted by Gasteiger charge is -2.46. The average Bonchev–Trinajstić information content (AvgIpc) is 3.50. The molecule has 6 nitrogen and oxygen atoms in total. The summed E-state index contributed by atoms with van der Waals surface area (Å²) >= 11 is 1.27. The van der Waals surface area contributed by atoms with Gasteiger partial charge in [-0.3, -0.25) is 0 Å². The van der Waals surface area contributed by atoms with E-state index in [1.807, 2.05) is 0 Å². The number of carboxylic acids is 1. The van der Waals surface area contributed by atoms with E-state index in [1.54, 1.807) is 6.07 Å². The molecule has 1 N–H and O–H groups in total. The van der Waals surface area contributed by atoms with Crippen molar-refractivity contribution in [2.75, 3.05) is 18.0 Å². The van der Waals surface area contributed by atoms with Gasteiger partial charge < -0.3 is 14.5 Å². The summed E-state index contributed by atoms with van der Waals surface area (Å²) in [4.78, 5) is 17.8. The molecule has 1 spiro atoms. The first kappa shape index (κ1) is 25.3. The van der Waals surface area contributed by atoms with Gasteiger partial charge in [0.1, 0.15) is 17.0 Å². The molecule has 0 radical (unpaired) electrons. The molecule has 2 aromatic carbocycles. The Bertz CT molecular complexity index is 1690. The zero-order valence-corrected chi connectivity index (χ0v) is 21.9. The zero-order chi connectivity index (χ0) is 27.8. The van der Waals surface area contributed by atoms with Crippen LogP contribution >= 0.6 is 11.3 Å². The second kappa shape index (κ2) is 8.89. The van der Waals surface area contributed by atoms with E-state index >= 15 is 0 Å². The Morgan fingerprint density at radius 2 is 1.88 bits per heavy atom. The van der Waals surface area contributed by atoms with Crippen LogP contribution in [-0.4, -0.2) is 34.3 Å². The molecule has 0 amide bonds. The summed E-state index contributed by atoms with van der Waals surface area (Å²) in [6.45, 7) is 1.36. The highest BCUT2D eigenvalue weighted by atomic mass is 32.1. The summed E-state index contributed by atoms with van der Waals surface area (Å²) in [5, 5.41) is 14.0. The second-order valence-electron chi connectivity index (χ2n) is 10.9. The molecule has 1 saturated heterocycles. The van der Waals surface area contributed by atoms with Crippen molar-refractivity contribution in [3.63, 3.8) is 0 Å². The summed E-state index contributed by atoms with van der Waals surface area (Å²) in [5.74, 6) is -0.969. The minimum absolute atomic E-state index is 0.0337. The normalized spacial score (nSPS) is 18.7. The fourth-order valence-corrected chi connectivity index (χ4v) is 7.01. The van der Waals surface area contributed by atoms with Gasteiger partial charge in [0.25, 0.3) is 0 Å². The van der Waals surface area contributed by atoms with Crippen LogP contribution in [0.5, 0.6) is 0 Å². The number of carboxylic acid groups (broad SMARTS) is 1. The highest BCUT2D eigenvalue weighted by Crippen LogP contribution is 2.56. The number of aromatic carboxylic acids is 1. The largest absolute Gasteiger partial charge is 0.478 e. The van der Waals surface area contributed by atoms with Gasteiger partial charge in [-0.15, -0.1) is 0 Å². The van der Waals surface area contributed by atoms with E-state index in [-0.39, 0.29) is 33.7 Å². The first-order valence-corrected chi connectivity index (χ1v) is 13.9. The number of rotatable bonds is 5. The fourth-order valence-electron chi connectivity index (χ4n) is 5.94. The minimum Gasteiger partial charge on any atom is -0.478 e. The molecule has 40 heavy (non-hydrogen) atoms. The van der Waals surface area contributed by atoms with E-state index in [1.165, 1.54) is 29.5 Å². The number of benzene rings is 2. The number of alkyl halides is 3. The first-order chi connectivity index (χ1) is 19.1. The van der Waals surface area contributed by atoms with Crippen LogP contribution in [0.2, 0.25) is 0 Å². The van der Waals surface area contributed by atoms with Crippen molar-refractivity contribution < 1.29 is 32.0 Å². The van der Waals surface area contributed by atoms with Gasteiger partial charge in [-0.1, -0.05) is 40.8 Å². The number of aromatic nitrogens is 2. The zero-order valence-electron chi connectivity index (χ0n) is 21.1. The molecule has 1 aliphatic heterocycles. The maximum atomic E-state index is 14.5. The molecular formula is C29H23F4N3O3S. The van der Waals surface area contributed by atoms with Gasteiger partial charge in [-0.25, -0.2) is 14.2 Å². The number of carbonyl (C=O) groups is 1. The number of piperidine rings is 1. The maximum absolute atomic E-state index is 14.5. The number of anilines is 1. The molecule has 0 atom stereocenters. The van der Waals surface area contributed by atoms with Gasteiger partial charge in [0.05, 0.1) is 15.8 Å². The number of fused-ring (bicyclic) bond motifs is 1. The van der Waals surface area contributed by atoms with Gasteiger partial charge >= 0.3 is 12.1 Å². The van der Waals surface area contributed by atoms with Crippen LogP contribution in [0.15, 0.2) is 47.0 Å². The molecule has 3 aliphatic rings. The lowest BCUT2D eigenvalue weighted by atomic mass is 9.63. The van der Waals surface area contributed by atoms with Crippen molar-refractivity contribution in [2.24, 2.45) is 5.41 Å². The Kier molecular flexibility index (Phi) is 5.61. The lowest BCUT2D eigenvalue weighted by molar-refractivity contribution is -0.137. The molecular weight excluding hydrogens is 546 g/mol. The van der Waals surface area contributed by atoms with Crippen molar-refractivity contribution in [3.8, 4) is 11.3 Å². The Labute approximate surface area is 229 Å². The maximum Gasteiger partial charge on any atom is 0.417 e. The van der Waals surface area contributed by atoms with Crippen molar-refractivity contribution in [1.29, 1.82) is 0 Å². The molecule has 4 aromatic rings. The summed E-state index contributed by atoms with van der Waals surface area (Å²) in [6.07, 6.45) is 1.90. The molecule has 3 heterocycles. The van der Waals surface area contributed by atoms with Crippen molar-refractivity contribution in [1.82, 2.24) is 10.1 Å². The van der Waals surface area contributed by atoms with E-state index in [9.17, 15) is 27.5 Å². The van der Waals surface area contributed by atoms with Crippen LogP contribution in [-0.2, 0) is 6.18 Å². The monoisotopic (exact) mass is 569 g/mol. The van der Waals surface area contributed by atoms with E-state index in [0.29, 0.717) is 34.2 Å². The van der Waals surface area contributed by atoms with Crippen LogP contribution < -0.4 is 4.90 Å². The first-order valence-electron chi connectivity index (χ1n) is 13.1. The number of thiazole rings is 1. The fraction of sp³-hybridized carbons (Fsp3) is 0.345. The Morgan fingerprint density at radius 3 is 2.55 bits per heavy atom. The minimum atomic E-state index is -4.51. The van der Waals surface area contributed by atoms with Crippen LogP contribution in [0.25, 0.3) is 27.0 Å². The van der Waals surface area contributed by atoms with Crippen LogP contribution in [0, 0.1) is 11.2 Å². The van der Waals surface area contributed by atoms with E-state index < -0.39 is 23.5 Å². The topological polar surface area (TPSA) is 79.5 Å². The molecule has 2 aromatic heterocycles. The third-order valence-corrected chi connectivity index (χ3v) is 9.28. The van der Waals surface area contributed by atoms with Gasteiger partial charge in [0.2, 0.25) is 0 Å². The standard InChI is InChI=1S/C29H23F4N3O3S/c30-20-11-16(26(37)38)12-21-24(20)34-27(40-21)36-9-7-28(8-10-36)13-17(14-28)22-23(35-39-25(22)15-5-6-15)18-3-1-2-4-19(18)29(31,32)33/h1-4,11-13,15H,5-10,14H2,(H,37,38). The summed E-state index contributed by atoms with van der Waals surface area (Å²) in [5.41, 5.74) is 1.23. The smallest absolute Gasteiger partial charge is 0.417 e. The summed E-state index contributed by atoms with van der Waals surface area (Å²) in [7, 11) is 0.